The highest BCUT2D eigenvalue weighted by Gasteiger charge is 2.24. The SMILES string of the molecule is CC1Cc2ccccc2N(c2ccc(F)cc2C(C)N)C1. The second kappa shape index (κ2) is 5.49. The number of fused-ring (bicyclic) bond motifs is 1. The molecule has 0 aliphatic carbocycles. The molecule has 3 heteroatoms. The predicted molar refractivity (Wildman–Crippen MR) is 85.3 cm³/mol. The topological polar surface area (TPSA) is 29.3 Å². The van der Waals surface area contributed by atoms with E-state index < -0.39 is 0 Å². The molecule has 0 saturated heterocycles. The van der Waals surface area contributed by atoms with E-state index in [1.165, 1.54) is 17.3 Å². The zero-order valence-corrected chi connectivity index (χ0v) is 12.5. The number of nitrogens with two attached hydrogens (primary N) is 1. The van der Waals surface area contributed by atoms with Gasteiger partial charge in [0.1, 0.15) is 5.82 Å². The first-order valence-electron chi connectivity index (χ1n) is 7.46. The van der Waals surface area contributed by atoms with Gasteiger partial charge < -0.3 is 10.6 Å². The van der Waals surface area contributed by atoms with Crippen molar-refractivity contribution < 1.29 is 4.39 Å². The van der Waals surface area contributed by atoms with E-state index in [1.54, 1.807) is 6.07 Å². The highest BCUT2D eigenvalue weighted by Crippen LogP contribution is 2.38. The van der Waals surface area contributed by atoms with Crippen LogP contribution in [0.1, 0.15) is 31.0 Å². The Labute approximate surface area is 125 Å². The molecule has 1 heterocycles. The molecule has 2 aromatic carbocycles. The Hall–Kier alpha value is -1.87. The van der Waals surface area contributed by atoms with Crippen molar-refractivity contribution in [3.8, 4) is 0 Å². The summed E-state index contributed by atoms with van der Waals surface area (Å²) in [5.41, 5.74) is 10.5. The van der Waals surface area contributed by atoms with Gasteiger partial charge in [0.15, 0.2) is 0 Å². The van der Waals surface area contributed by atoms with Crippen LogP contribution in [0.5, 0.6) is 0 Å². The molecule has 0 aromatic heterocycles. The van der Waals surface area contributed by atoms with Crippen LogP contribution in [-0.2, 0) is 6.42 Å². The number of benzene rings is 2. The van der Waals surface area contributed by atoms with Crippen LogP contribution >= 0.6 is 0 Å². The summed E-state index contributed by atoms with van der Waals surface area (Å²) in [4.78, 5) is 2.28. The summed E-state index contributed by atoms with van der Waals surface area (Å²) in [6.07, 6.45) is 1.08. The molecule has 2 atom stereocenters. The second-order valence-corrected chi connectivity index (χ2v) is 6.04. The molecule has 110 valence electrons. The zero-order chi connectivity index (χ0) is 15.0. The summed E-state index contributed by atoms with van der Waals surface area (Å²) < 4.78 is 13.6. The highest BCUT2D eigenvalue weighted by molar-refractivity contribution is 5.71. The maximum atomic E-state index is 13.6. The van der Waals surface area contributed by atoms with Crippen molar-refractivity contribution in [3.63, 3.8) is 0 Å². The largest absolute Gasteiger partial charge is 0.341 e. The van der Waals surface area contributed by atoms with Crippen molar-refractivity contribution in [2.24, 2.45) is 11.7 Å². The van der Waals surface area contributed by atoms with Crippen molar-refractivity contribution in [3.05, 3.63) is 59.4 Å². The Morgan fingerprint density at radius 1 is 1.19 bits per heavy atom. The smallest absolute Gasteiger partial charge is 0.123 e. The van der Waals surface area contributed by atoms with Gasteiger partial charge in [0, 0.05) is 24.0 Å². The molecule has 0 saturated carbocycles. The third-order valence-electron chi connectivity index (χ3n) is 4.12. The molecule has 0 fully saturated rings. The van der Waals surface area contributed by atoms with Crippen molar-refractivity contribution in [1.29, 1.82) is 0 Å². The number of rotatable bonds is 2. The number of para-hydroxylation sites is 1. The number of nitrogens with zero attached hydrogens (tertiary/aromatic N) is 1. The van der Waals surface area contributed by atoms with E-state index in [2.05, 4.69) is 36.1 Å². The van der Waals surface area contributed by atoms with Gasteiger partial charge in [0.2, 0.25) is 0 Å². The van der Waals surface area contributed by atoms with Crippen LogP contribution in [0.3, 0.4) is 0 Å². The summed E-state index contributed by atoms with van der Waals surface area (Å²) in [6.45, 7) is 5.08. The average Bonchev–Trinajstić information content (AvgIpc) is 2.46. The van der Waals surface area contributed by atoms with Gasteiger partial charge >= 0.3 is 0 Å². The quantitative estimate of drug-likeness (QED) is 0.896. The minimum absolute atomic E-state index is 0.194. The lowest BCUT2D eigenvalue weighted by Crippen LogP contribution is -2.31. The fraction of sp³-hybridized carbons (Fsp3) is 0.333. The number of halogens is 1. The first-order valence-corrected chi connectivity index (χ1v) is 7.46. The highest BCUT2D eigenvalue weighted by atomic mass is 19.1. The van der Waals surface area contributed by atoms with Crippen molar-refractivity contribution >= 4 is 11.4 Å². The number of hydrogen-bond acceptors (Lipinski definition) is 2. The van der Waals surface area contributed by atoms with E-state index in [4.69, 9.17) is 5.73 Å². The molecule has 1 aliphatic rings. The van der Waals surface area contributed by atoms with Crippen LogP contribution in [0.15, 0.2) is 42.5 Å². The average molecular weight is 284 g/mol. The first-order chi connectivity index (χ1) is 10.1. The Morgan fingerprint density at radius 3 is 2.71 bits per heavy atom. The van der Waals surface area contributed by atoms with Crippen molar-refractivity contribution in [2.45, 2.75) is 26.3 Å². The summed E-state index contributed by atoms with van der Waals surface area (Å²) >= 11 is 0. The van der Waals surface area contributed by atoms with E-state index >= 15 is 0 Å². The van der Waals surface area contributed by atoms with E-state index in [-0.39, 0.29) is 11.9 Å². The molecule has 0 bridgehead atoms. The molecular formula is C18H21FN2. The molecule has 2 nitrogen and oxygen atoms in total. The lowest BCUT2D eigenvalue weighted by Gasteiger charge is -2.36. The predicted octanol–water partition coefficient (Wildman–Crippen LogP) is 4.18. The summed E-state index contributed by atoms with van der Waals surface area (Å²) in [7, 11) is 0. The Morgan fingerprint density at radius 2 is 1.95 bits per heavy atom. The van der Waals surface area contributed by atoms with Crippen molar-refractivity contribution in [1.82, 2.24) is 0 Å². The molecule has 2 N–H and O–H groups in total. The Bertz CT molecular complexity index is 651. The second-order valence-electron chi connectivity index (χ2n) is 6.04. The minimum atomic E-state index is -0.232. The van der Waals surface area contributed by atoms with E-state index in [9.17, 15) is 4.39 Å². The summed E-state index contributed by atoms with van der Waals surface area (Å²) in [5, 5.41) is 0. The minimum Gasteiger partial charge on any atom is -0.341 e. The molecule has 3 rings (SSSR count). The van der Waals surface area contributed by atoms with Gasteiger partial charge in [-0.2, -0.15) is 0 Å². The fourth-order valence-corrected chi connectivity index (χ4v) is 3.16. The van der Waals surface area contributed by atoms with Gasteiger partial charge in [-0.05, 0) is 54.7 Å². The lowest BCUT2D eigenvalue weighted by atomic mass is 9.92. The molecular weight excluding hydrogens is 263 g/mol. The van der Waals surface area contributed by atoms with Gasteiger partial charge in [0.25, 0.3) is 0 Å². The van der Waals surface area contributed by atoms with Gasteiger partial charge in [-0.1, -0.05) is 25.1 Å². The Kier molecular flexibility index (Phi) is 3.68. The van der Waals surface area contributed by atoms with E-state index in [0.717, 1.165) is 24.2 Å². The summed E-state index contributed by atoms with van der Waals surface area (Å²) in [6, 6.07) is 13.2. The molecule has 2 aromatic rings. The maximum Gasteiger partial charge on any atom is 0.123 e. The van der Waals surface area contributed by atoms with Crippen LogP contribution in [0.2, 0.25) is 0 Å². The standard InChI is InChI=1S/C18H21FN2/c1-12-9-14-5-3-4-6-17(14)21(11-12)18-8-7-15(19)10-16(18)13(2)20/h3-8,10,12-13H,9,11,20H2,1-2H3. The zero-order valence-electron chi connectivity index (χ0n) is 12.5. The third kappa shape index (κ3) is 2.66. The molecule has 0 amide bonds. The van der Waals surface area contributed by atoms with E-state index in [1.807, 2.05) is 13.0 Å². The molecule has 2 unspecified atom stereocenters. The monoisotopic (exact) mass is 284 g/mol. The van der Waals surface area contributed by atoms with E-state index in [0.29, 0.717) is 5.92 Å². The Balaban J connectivity index is 2.13. The first kappa shape index (κ1) is 14.1. The van der Waals surface area contributed by atoms with Crippen molar-refractivity contribution in [2.75, 3.05) is 11.4 Å². The number of hydrogen-bond donors (Lipinski definition) is 1. The fourth-order valence-electron chi connectivity index (χ4n) is 3.16. The van der Waals surface area contributed by atoms with Crippen LogP contribution < -0.4 is 10.6 Å². The van der Waals surface area contributed by atoms with Gasteiger partial charge in [-0.15, -0.1) is 0 Å². The normalized spacial score (nSPS) is 19.2. The lowest BCUT2D eigenvalue weighted by molar-refractivity contribution is 0.560. The number of anilines is 2. The molecule has 0 radical (unpaired) electrons. The van der Waals surface area contributed by atoms with Gasteiger partial charge in [-0.3, -0.25) is 0 Å². The van der Waals surface area contributed by atoms with Crippen LogP contribution in [0.4, 0.5) is 15.8 Å². The van der Waals surface area contributed by atoms with Gasteiger partial charge in [0.05, 0.1) is 0 Å². The van der Waals surface area contributed by atoms with Crippen LogP contribution in [-0.4, -0.2) is 6.54 Å². The summed E-state index contributed by atoms with van der Waals surface area (Å²) in [5.74, 6) is 0.329. The van der Waals surface area contributed by atoms with Crippen LogP contribution in [0.25, 0.3) is 0 Å². The molecule has 0 spiro atoms. The molecule has 21 heavy (non-hydrogen) atoms. The maximum absolute atomic E-state index is 13.6. The third-order valence-corrected chi connectivity index (χ3v) is 4.12. The van der Waals surface area contributed by atoms with Gasteiger partial charge in [-0.25, -0.2) is 4.39 Å². The van der Waals surface area contributed by atoms with Crippen LogP contribution in [0, 0.1) is 11.7 Å². The molecule has 1 aliphatic heterocycles.